The van der Waals surface area contributed by atoms with Gasteiger partial charge in [-0.3, -0.25) is 0 Å². The molecule has 0 amide bonds. The van der Waals surface area contributed by atoms with Gasteiger partial charge in [-0.25, -0.2) is 4.79 Å². The Bertz CT molecular complexity index is 838. The average Bonchev–Trinajstić information content (AvgIpc) is 3.27. The summed E-state index contributed by atoms with van der Waals surface area (Å²) in [6, 6.07) is 0. The summed E-state index contributed by atoms with van der Waals surface area (Å²) < 4.78 is 42.8. The minimum atomic E-state index is -0.957. The van der Waals surface area contributed by atoms with E-state index in [1.807, 2.05) is 19.9 Å². The average molecular weight is 594 g/mol. The van der Waals surface area contributed by atoms with Crippen LogP contribution in [0.15, 0.2) is 21.3 Å². The molecule has 0 spiro atoms. The molecule has 192 valence electrons. The fraction of sp³-hybridized carbons (Fsp3) is 0.792. The Kier molecular flexibility index (Phi) is 7.82. The number of methoxy groups -OCH3 is 1. The molecule has 0 aromatic heterocycles. The van der Waals surface area contributed by atoms with Gasteiger partial charge >= 0.3 is 5.97 Å². The molecule has 0 aromatic rings. The fourth-order valence-corrected chi connectivity index (χ4v) is 5.71. The summed E-state index contributed by atoms with van der Waals surface area (Å²) >= 11 is 2.20. The van der Waals surface area contributed by atoms with Gasteiger partial charge in [-0.15, -0.1) is 0 Å². The smallest absolute Gasteiger partial charge is 0.336 e. The summed E-state index contributed by atoms with van der Waals surface area (Å²) in [7, 11) is 1.33. The van der Waals surface area contributed by atoms with Crippen LogP contribution in [0, 0.1) is 0 Å². The van der Waals surface area contributed by atoms with Crippen molar-refractivity contribution in [2.75, 3.05) is 13.7 Å². The van der Waals surface area contributed by atoms with Crippen molar-refractivity contribution in [3.05, 3.63) is 21.3 Å². The number of fused-ring (bicyclic) bond motifs is 2. The normalized spacial score (nSPS) is 40.2. The number of carbonyl (C=O) groups excluding carboxylic acids is 1. The van der Waals surface area contributed by atoms with Crippen molar-refractivity contribution in [1.29, 1.82) is 0 Å². The molecule has 10 heteroatoms. The van der Waals surface area contributed by atoms with Gasteiger partial charge in [0.1, 0.15) is 48.8 Å². The number of esters is 1. The lowest BCUT2D eigenvalue weighted by molar-refractivity contribution is -0.196. The third-order valence-corrected chi connectivity index (χ3v) is 7.34. The summed E-state index contributed by atoms with van der Waals surface area (Å²) in [6.07, 6.45) is 0.295. The molecule has 0 saturated carbocycles. The van der Waals surface area contributed by atoms with Crippen LogP contribution in [0.5, 0.6) is 0 Å². The van der Waals surface area contributed by atoms with Crippen molar-refractivity contribution >= 4 is 28.6 Å². The Hall–Kier alpha value is -0.600. The maximum Gasteiger partial charge on any atom is 0.336 e. The largest absolute Gasteiger partial charge is 0.466 e. The van der Waals surface area contributed by atoms with Crippen LogP contribution in [0.25, 0.3) is 0 Å². The van der Waals surface area contributed by atoms with E-state index < -0.39 is 60.3 Å². The van der Waals surface area contributed by atoms with Crippen molar-refractivity contribution in [1.82, 2.24) is 0 Å². The zero-order valence-corrected chi connectivity index (χ0v) is 22.6. The first kappa shape index (κ1) is 26.5. The first-order chi connectivity index (χ1) is 16.0. The lowest BCUT2D eigenvalue weighted by Gasteiger charge is -2.40. The number of carbonyl (C=O) groups is 1. The number of unbranched alkanes of at least 4 members (excludes halogenated alkanes) is 1. The van der Waals surface area contributed by atoms with Gasteiger partial charge in [0.25, 0.3) is 0 Å². The van der Waals surface area contributed by atoms with E-state index in [-0.39, 0.29) is 6.10 Å². The Labute approximate surface area is 214 Å². The minimum Gasteiger partial charge on any atom is -0.466 e. The number of rotatable bonds is 7. The molecule has 2 fully saturated rings. The van der Waals surface area contributed by atoms with Gasteiger partial charge in [-0.2, -0.15) is 0 Å². The van der Waals surface area contributed by atoms with Gasteiger partial charge in [0.15, 0.2) is 11.6 Å². The highest BCUT2D eigenvalue weighted by atomic mass is 127. The zero-order valence-electron chi connectivity index (χ0n) is 20.5. The molecule has 9 nitrogen and oxygen atoms in total. The monoisotopic (exact) mass is 594 g/mol. The quantitative estimate of drug-likeness (QED) is 0.271. The Balaban J connectivity index is 1.64. The van der Waals surface area contributed by atoms with Crippen LogP contribution in [-0.2, 0) is 38.0 Å². The van der Waals surface area contributed by atoms with Crippen LogP contribution in [0.2, 0.25) is 0 Å². The highest BCUT2D eigenvalue weighted by Gasteiger charge is 2.56. The molecule has 1 N–H and O–H groups in total. The van der Waals surface area contributed by atoms with Gasteiger partial charge in [-0.05, 0) is 68.9 Å². The molecule has 0 bridgehead atoms. The molecule has 2 aliphatic carbocycles. The summed E-state index contributed by atoms with van der Waals surface area (Å²) in [4.78, 5) is 12.6. The molecule has 0 radical (unpaired) electrons. The van der Waals surface area contributed by atoms with Gasteiger partial charge in [0, 0.05) is 10.2 Å². The third-order valence-electron chi connectivity index (χ3n) is 6.37. The number of hydrogen-bond donors (Lipinski definition) is 1. The molecular formula is C24H35IO9. The van der Waals surface area contributed by atoms with E-state index in [1.165, 1.54) is 7.11 Å². The molecule has 0 unspecified atom stereocenters. The Morgan fingerprint density at radius 2 is 1.68 bits per heavy atom. The Morgan fingerprint density at radius 3 is 2.32 bits per heavy atom. The third kappa shape index (κ3) is 5.24. The summed E-state index contributed by atoms with van der Waals surface area (Å²) in [5, 5.41) is 11.2. The van der Waals surface area contributed by atoms with E-state index in [1.54, 1.807) is 19.9 Å². The number of aliphatic hydroxyl groups excluding tert-OH is 1. The molecule has 8 atom stereocenters. The van der Waals surface area contributed by atoms with Gasteiger partial charge in [0.2, 0.25) is 0 Å². The summed E-state index contributed by atoms with van der Waals surface area (Å²) in [5.74, 6) is -2.23. The highest BCUT2D eigenvalue weighted by molar-refractivity contribution is 14.1. The van der Waals surface area contributed by atoms with Crippen LogP contribution in [0.1, 0.15) is 47.5 Å². The second-order valence-electron chi connectivity index (χ2n) is 9.95. The lowest BCUT2D eigenvalue weighted by atomic mass is 9.88. The van der Waals surface area contributed by atoms with E-state index in [0.717, 1.165) is 16.4 Å². The topological polar surface area (TPSA) is 102 Å². The van der Waals surface area contributed by atoms with E-state index in [0.29, 0.717) is 12.2 Å². The number of hydrogen-bond acceptors (Lipinski definition) is 9. The lowest BCUT2D eigenvalue weighted by Crippen LogP contribution is -2.55. The van der Waals surface area contributed by atoms with Crippen molar-refractivity contribution in [3.8, 4) is 0 Å². The van der Waals surface area contributed by atoms with Crippen LogP contribution in [0.3, 0.4) is 0 Å². The predicted molar refractivity (Wildman–Crippen MR) is 129 cm³/mol. The minimum absolute atomic E-state index is 0.350. The molecule has 2 heterocycles. The van der Waals surface area contributed by atoms with Gasteiger partial charge in [0.05, 0.1) is 12.7 Å². The van der Waals surface area contributed by atoms with Crippen LogP contribution in [0.4, 0.5) is 0 Å². The fourth-order valence-electron chi connectivity index (χ4n) is 4.88. The zero-order chi connectivity index (χ0) is 24.8. The first-order valence-corrected chi connectivity index (χ1v) is 12.9. The maximum absolute atomic E-state index is 12.6. The van der Waals surface area contributed by atoms with Crippen molar-refractivity contribution in [2.45, 2.75) is 108 Å². The second kappa shape index (κ2) is 10.0. The highest BCUT2D eigenvalue weighted by Crippen LogP contribution is 2.43. The van der Waals surface area contributed by atoms with Crippen molar-refractivity contribution in [3.63, 3.8) is 0 Å². The van der Waals surface area contributed by atoms with Gasteiger partial charge < -0.3 is 38.3 Å². The predicted octanol–water partition coefficient (Wildman–Crippen LogP) is 2.77. The van der Waals surface area contributed by atoms with Crippen molar-refractivity contribution in [2.24, 2.45) is 0 Å². The molecule has 2 aliphatic heterocycles. The summed E-state index contributed by atoms with van der Waals surface area (Å²) in [6.45, 7) is 9.80. The second-order valence-corrected chi connectivity index (χ2v) is 11.2. The van der Waals surface area contributed by atoms with E-state index in [9.17, 15) is 9.90 Å². The van der Waals surface area contributed by atoms with E-state index >= 15 is 0 Å². The number of ether oxygens (including phenoxy) is 7. The molecule has 2 saturated heterocycles. The van der Waals surface area contributed by atoms with E-state index in [2.05, 4.69) is 29.5 Å². The summed E-state index contributed by atoms with van der Waals surface area (Å²) in [5.41, 5.74) is 0.350. The molecule has 0 aromatic carbocycles. The SMILES string of the molecule is CCCCO[C@H]1C=C(C(=O)OC)[C@H]2OC(C)(C)O[C@H]2[C@@H]1O[C@H]1C=C(I)[C@H]2OC(C)(C)O[C@H]2[C@@H]1O. The van der Waals surface area contributed by atoms with Crippen molar-refractivity contribution < 1.29 is 43.1 Å². The maximum atomic E-state index is 12.6. The first-order valence-electron chi connectivity index (χ1n) is 11.8. The number of halogens is 1. The molecule has 34 heavy (non-hydrogen) atoms. The standard InChI is InChI=1S/C24H35IO9/c1-7-8-9-29-15-10-12(22(27)28-6)17-21(34-23(2,3)31-17)19(15)30-14-11-13(25)18-20(16(14)26)33-24(4,5)32-18/h10-11,14-21,26H,7-9H2,1-6H3/t14-,15-,16+,17+,18+,19+,20-,21+/m0/s1. The van der Waals surface area contributed by atoms with Crippen LogP contribution >= 0.6 is 22.6 Å². The number of aliphatic hydroxyl groups is 1. The molecule has 4 rings (SSSR count). The Morgan fingerprint density at radius 1 is 1.03 bits per heavy atom. The molecular weight excluding hydrogens is 559 g/mol. The van der Waals surface area contributed by atoms with Gasteiger partial charge in [-0.1, -0.05) is 13.3 Å². The van der Waals surface area contributed by atoms with Crippen LogP contribution < -0.4 is 0 Å². The molecule has 4 aliphatic rings. The van der Waals surface area contributed by atoms with Crippen LogP contribution in [-0.4, -0.2) is 85.2 Å². The van der Waals surface area contributed by atoms with E-state index in [4.69, 9.17) is 33.2 Å².